The minimum atomic E-state index is -3.54. The van der Waals surface area contributed by atoms with Crippen LogP contribution >= 0.6 is 0 Å². The molecule has 0 radical (unpaired) electrons. The van der Waals surface area contributed by atoms with Gasteiger partial charge in [0.25, 0.3) is 0 Å². The summed E-state index contributed by atoms with van der Waals surface area (Å²) in [5, 5.41) is 9.93. The first-order chi connectivity index (χ1) is 9.23. The highest BCUT2D eigenvalue weighted by Crippen LogP contribution is 2.21. The average molecular weight is 302 g/mol. The summed E-state index contributed by atoms with van der Waals surface area (Å²) in [6, 6.07) is 0. The second kappa shape index (κ2) is 6.69. The van der Waals surface area contributed by atoms with Crippen molar-refractivity contribution in [2.24, 2.45) is 5.41 Å². The summed E-state index contributed by atoms with van der Waals surface area (Å²) in [4.78, 5) is 0.269. The molecule has 0 unspecified atom stereocenters. The van der Waals surface area contributed by atoms with Crippen LogP contribution in [0.5, 0.6) is 0 Å². The number of hydrogen-bond acceptors (Lipinski definition) is 4. The van der Waals surface area contributed by atoms with E-state index in [9.17, 15) is 8.42 Å². The van der Waals surface area contributed by atoms with Crippen LogP contribution in [0.2, 0.25) is 0 Å². The number of sulfonamides is 1. The Kier molecular flexibility index (Phi) is 5.73. The maximum atomic E-state index is 12.5. The SMILES string of the molecule is CCNCc1n[nH]c(C)c1S(=O)(=O)NCC(C)(C)CC. The van der Waals surface area contributed by atoms with Gasteiger partial charge in [-0.1, -0.05) is 27.7 Å². The first-order valence-corrected chi connectivity index (χ1v) is 8.46. The molecule has 1 aromatic heterocycles. The maximum absolute atomic E-state index is 12.5. The number of nitrogens with one attached hydrogen (secondary N) is 3. The number of aromatic nitrogens is 2. The monoisotopic (exact) mass is 302 g/mol. The molecule has 1 heterocycles. The zero-order valence-electron chi connectivity index (χ0n) is 13.0. The van der Waals surface area contributed by atoms with Crippen molar-refractivity contribution in [3.05, 3.63) is 11.4 Å². The fourth-order valence-electron chi connectivity index (χ4n) is 1.68. The highest BCUT2D eigenvalue weighted by Gasteiger charge is 2.26. The molecule has 20 heavy (non-hydrogen) atoms. The van der Waals surface area contributed by atoms with Gasteiger partial charge in [0.1, 0.15) is 4.90 Å². The summed E-state index contributed by atoms with van der Waals surface area (Å²) >= 11 is 0. The second-order valence-electron chi connectivity index (χ2n) is 5.75. The van der Waals surface area contributed by atoms with Crippen molar-refractivity contribution in [1.29, 1.82) is 0 Å². The van der Waals surface area contributed by atoms with Gasteiger partial charge in [-0.05, 0) is 25.3 Å². The second-order valence-corrected chi connectivity index (χ2v) is 7.45. The van der Waals surface area contributed by atoms with Crippen molar-refractivity contribution in [1.82, 2.24) is 20.2 Å². The molecular weight excluding hydrogens is 276 g/mol. The maximum Gasteiger partial charge on any atom is 0.244 e. The fraction of sp³-hybridized carbons (Fsp3) is 0.769. The molecule has 6 nitrogen and oxygen atoms in total. The van der Waals surface area contributed by atoms with Crippen LogP contribution in [0.15, 0.2) is 4.90 Å². The lowest BCUT2D eigenvalue weighted by molar-refractivity contribution is 0.350. The largest absolute Gasteiger partial charge is 0.311 e. The molecule has 0 aliphatic heterocycles. The van der Waals surface area contributed by atoms with Crippen molar-refractivity contribution in [2.75, 3.05) is 13.1 Å². The average Bonchev–Trinajstić information content (AvgIpc) is 2.76. The molecule has 0 atom stereocenters. The van der Waals surface area contributed by atoms with Crippen molar-refractivity contribution in [3.63, 3.8) is 0 Å². The number of nitrogens with zero attached hydrogens (tertiary/aromatic N) is 1. The Balaban J connectivity index is 2.95. The Morgan fingerprint density at radius 1 is 1.30 bits per heavy atom. The zero-order chi connectivity index (χ0) is 15.4. The van der Waals surface area contributed by atoms with Crippen LogP contribution in [0.3, 0.4) is 0 Å². The third kappa shape index (κ3) is 4.29. The zero-order valence-corrected chi connectivity index (χ0v) is 13.8. The van der Waals surface area contributed by atoms with Crippen LogP contribution in [0.1, 0.15) is 45.5 Å². The van der Waals surface area contributed by atoms with E-state index in [0.717, 1.165) is 13.0 Å². The quantitative estimate of drug-likeness (QED) is 0.680. The molecule has 116 valence electrons. The molecule has 1 aromatic rings. The number of H-pyrrole nitrogens is 1. The molecule has 0 spiro atoms. The van der Waals surface area contributed by atoms with Crippen LogP contribution in [0.25, 0.3) is 0 Å². The van der Waals surface area contributed by atoms with E-state index in [2.05, 4.69) is 20.2 Å². The summed E-state index contributed by atoms with van der Waals surface area (Å²) in [5.74, 6) is 0. The topological polar surface area (TPSA) is 86.9 Å². The van der Waals surface area contributed by atoms with Gasteiger partial charge in [-0.15, -0.1) is 0 Å². The van der Waals surface area contributed by atoms with Gasteiger partial charge in [-0.2, -0.15) is 5.10 Å². The normalized spacial score (nSPS) is 12.8. The highest BCUT2D eigenvalue weighted by molar-refractivity contribution is 7.89. The Bertz CT molecular complexity index is 535. The Hall–Kier alpha value is -0.920. The van der Waals surface area contributed by atoms with E-state index in [0.29, 0.717) is 24.5 Å². The van der Waals surface area contributed by atoms with E-state index >= 15 is 0 Å². The Labute approximate surface area is 121 Å². The van der Waals surface area contributed by atoms with Crippen molar-refractivity contribution < 1.29 is 8.42 Å². The molecule has 0 saturated carbocycles. The first kappa shape index (κ1) is 17.1. The third-order valence-electron chi connectivity index (χ3n) is 3.47. The number of aromatic amines is 1. The van der Waals surface area contributed by atoms with Gasteiger partial charge in [0.2, 0.25) is 10.0 Å². The lowest BCUT2D eigenvalue weighted by Crippen LogP contribution is -2.34. The van der Waals surface area contributed by atoms with Gasteiger partial charge in [-0.25, -0.2) is 13.1 Å². The minimum Gasteiger partial charge on any atom is -0.311 e. The standard InChI is InChI=1S/C13H26N4O2S/c1-6-13(4,5)9-15-20(18,19)12-10(3)16-17-11(12)8-14-7-2/h14-15H,6-9H2,1-5H3,(H,16,17). The molecule has 0 aromatic carbocycles. The Morgan fingerprint density at radius 2 is 1.95 bits per heavy atom. The summed E-state index contributed by atoms with van der Waals surface area (Å²) in [6.07, 6.45) is 0.907. The van der Waals surface area contributed by atoms with Gasteiger partial charge < -0.3 is 5.32 Å². The van der Waals surface area contributed by atoms with Crippen LogP contribution in [0, 0.1) is 12.3 Å². The van der Waals surface area contributed by atoms with Gasteiger partial charge in [0, 0.05) is 13.1 Å². The lowest BCUT2D eigenvalue weighted by atomic mass is 9.91. The molecular formula is C13H26N4O2S. The molecule has 0 amide bonds. The fourth-order valence-corrected chi connectivity index (χ4v) is 3.28. The predicted molar refractivity (Wildman–Crippen MR) is 80.0 cm³/mol. The van der Waals surface area contributed by atoms with Crippen molar-refractivity contribution >= 4 is 10.0 Å². The summed E-state index contributed by atoms with van der Waals surface area (Å²) in [6.45, 7) is 11.4. The van der Waals surface area contributed by atoms with Crippen LogP contribution in [-0.4, -0.2) is 31.7 Å². The first-order valence-electron chi connectivity index (χ1n) is 6.97. The van der Waals surface area contributed by atoms with Gasteiger partial charge in [0.15, 0.2) is 0 Å². The van der Waals surface area contributed by atoms with Gasteiger partial charge in [-0.3, -0.25) is 5.10 Å². The highest BCUT2D eigenvalue weighted by atomic mass is 32.2. The molecule has 0 saturated heterocycles. The lowest BCUT2D eigenvalue weighted by Gasteiger charge is -2.22. The third-order valence-corrected chi connectivity index (χ3v) is 5.07. The predicted octanol–water partition coefficient (Wildman–Crippen LogP) is 1.54. The Morgan fingerprint density at radius 3 is 2.50 bits per heavy atom. The van der Waals surface area contributed by atoms with E-state index < -0.39 is 10.0 Å². The van der Waals surface area contributed by atoms with E-state index in [1.54, 1.807) is 6.92 Å². The van der Waals surface area contributed by atoms with Crippen LogP contribution in [-0.2, 0) is 16.6 Å². The summed E-state index contributed by atoms with van der Waals surface area (Å²) < 4.78 is 27.6. The number of aryl methyl sites for hydroxylation is 1. The molecule has 0 fully saturated rings. The molecule has 7 heteroatoms. The van der Waals surface area contributed by atoms with E-state index in [-0.39, 0.29) is 10.3 Å². The van der Waals surface area contributed by atoms with Crippen LogP contribution in [0.4, 0.5) is 0 Å². The van der Waals surface area contributed by atoms with Gasteiger partial charge in [0.05, 0.1) is 11.4 Å². The molecule has 3 N–H and O–H groups in total. The summed E-state index contributed by atoms with van der Waals surface area (Å²) in [5.41, 5.74) is 1.04. The minimum absolute atomic E-state index is 0.0630. The van der Waals surface area contributed by atoms with Crippen molar-refractivity contribution in [3.8, 4) is 0 Å². The van der Waals surface area contributed by atoms with Gasteiger partial charge >= 0.3 is 0 Å². The number of rotatable bonds is 8. The van der Waals surface area contributed by atoms with E-state index in [1.165, 1.54) is 0 Å². The molecule has 0 aliphatic rings. The van der Waals surface area contributed by atoms with E-state index in [1.807, 2.05) is 27.7 Å². The summed E-state index contributed by atoms with van der Waals surface area (Å²) in [7, 11) is -3.54. The number of hydrogen-bond donors (Lipinski definition) is 3. The molecule has 1 rings (SSSR count). The van der Waals surface area contributed by atoms with E-state index in [4.69, 9.17) is 0 Å². The van der Waals surface area contributed by atoms with Crippen LogP contribution < -0.4 is 10.0 Å². The molecule has 0 bridgehead atoms. The van der Waals surface area contributed by atoms with Crippen molar-refractivity contribution in [2.45, 2.75) is 52.5 Å². The smallest absolute Gasteiger partial charge is 0.244 e. The molecule has 0 aliphatic carbocycles.